The van der Waals surface area contributed by atoms with Crippen LogP contribution in [0.4, 0.5) is 11.4 Å². The molecule has 8 heteroatoms. The summed E-state index contributed by atoms with van der Waals surface area (Å²) in [5.41, 5.74) is 2.44. The van der Waals surface area contributed by atoms with Crippen molar-refractivity contribution in [2.45, 2.75) is 36.6 Å². The molecule has 1 amide bonds. The average molecular weight is 422 g/mol. The number of hydrogen-bond donors (Lipinski definition) is 2. The van der Waals surface area contributed by atoms with Crippen molar-refractivity contribution in [3.05, 3.63) is 53.1 Å². The van der Waals surface area contributed by atoms with Crippen LogP contribution in [0.15, 0.2) is 47.4 Å². The molecule has 0 bridgehead atoms. The van der Waals surface area contributed by atoms with Gasteiger partial charge in [0.2, 0.25) is 15.9 Å². The number of aryl methyl sites for hydroxylation is 1. The molecule has 0 radical (unpaired) electrons. The Morgan fingerprint density at radius 1 is 1.14 bits per heavy atom. The molecule has 6 nitrogen and oxygen atoms in total. The minimum absolute atomic E-state index is 0.0759. The van der Waals surface area contributed by atoms with Gasteiger partial charge in [0.1, 0.15) is 0 Å². The van der Waals surface area contributed by atoms with Crippen LogP contribution >= 0.6 is 11.6 Å². The van der Waals surface area contributed by atoms with Gasteiger partial charge in [-0.2, -0.15) is 0 Å². The quantitative estimate of drug-likeness (QED) is 0.684. The number of nitrogens with one attached hydrogen (secondary N) is 2. The number of amides is 1. The first kappa shape index (κ1) is 20.6. The van der Waals surface area contributed by atoms with Gasteiger partial charge in [-0.25, -0.2) is 13.1 Å². The Labute approximate surface area is 170 Å². The minimum atomic E-state index is -3.45. The van der Waals surface area contributed by atoms with Gasteiger partial charge in [0.15, 0.2) is 0 Å². The molecule has 1 aliphatic rings. The van der Waals surface area contributed by atoms with Gasteiger partial charge in [-0.15, -0.1) is 0 Å². The molecule has 2 aromatic carbocycles. The van der Waals surface area contributed by atoms with Gasteiger partial charge in [-0.3, -0.25) is 4.79 Å². The second-order valence-corrected chi connectivity index (χ2v) is 9.29. The van der Waals surface area contributed by atoms with Crippen LogP contribution in [-0.4, -0.2) is 34.5 Å². The van der Waals surface area contributed by atoms with Crippen LogP contribution < -0.4 is 14.9 Å². The number of carbonyl (C=O) groups excluding carboxylic acids is 1. The van der Waals surface area contributed by atoms with Crippen molar-refractivity contribution in [1.82, 2.24) is 4.72 Å². The van der Waals surface area contributed by atoms with Crippen LogP contribution in [0.3, 0.4) is 0 Å². The number of sulfonamides is 1. The SMILES string of the molecule is CN(C)c1ccc(Cl)cc1NC(=O)CCc1ccc(S(=O)(=O)NC2CC2)cc1. The van der Waals surface area contributed by atoms with Crippen molar-refractivity contribution in [3.8, 4) is 0 Å². The van der Waals surface area contributed by atoms with Crippen LogP contribution in [0.1, 0.15) is 24.8 Å². The lowest BCUT2D eigenvalue weighted by atomic mass is 10.1. The standard InChI is InChI=1S/C20H24ClN3O3S/c1-24(2)19-11-6-15(21)13-18(19)22-20(25)12-5-14-3-9-17(10-4-14)28(26,27)23-16-7-8-16/h3-4,6,9-11,13,16,23H,5,7-8,12H2,1-2H3,(H,22,25). The molecule has 2 N–H and O–H groups in total. The summed E-state index contributed by atoms with van der Waals surface area (Å²) >= 11 is 6.04. The van der Waals surface area contributed by atoms with Crippen LogP contribution in [0.2, 0.25) is 5.02 Å². The highest BCUT2D eigenvalue weighted by Gasteiger charge is 2.27. The summed E-state index contributed by atoms with van der Waals surface area (Å²) in [6.07, 6.45) is 2.59. The van der Waals surface area contributed by atoms with E-state index in [4.69, 9.17) is 11.6 Å². The zero-order valence-corrected chi connectivity index (χ0v) is 17.5. The third-order valence-electron chi connectivity index (χ3n) is 4.49. The van der Waals surface area contributed by atoms with Gasteiger partial charge in [0.25, 0.3) is 0 Å². The van der Waals surface area contributed by atoms with Crippen molar-refractivity contribution >= 4 is 38.9 Å². The molecule has 0 heterocycles. The lowest BCUT2D eigenvalue weighted by Crippen LogP contribution is -2.25. The average Bonchev–Trinajstić information content (AvgIpc) is 3.43. The highest BCUT2D eigenvalue weighted by molar-refractivity contribution is 7.89. The normalized spacial score (nSPS) is 14.0. The predicted molar refractivity (Wildman–Crippen MR) is 113 cm³/mol. The zero-order valence-electron chi connectivity index (χ0n) is 15.9. The number of carbonyl (C=O) groups is 1. The monoisotopic (exact) mass is 421 g/mol. The van der Waals surface area contributed by atoms with Crippen LogP contribution in [0, 0.1) is 0 Å². The molecule has 1 aliphatic carbocycles. The van der Waals surface area contributed by atoms with Gasteiger partial charge >= 0.3 is 0 Å². The summed E-state index contributed by atoms with van der Waals surface area (Å²) in [6, 6.07) is 12.1. The van der Waals surface area contributed by atoms with E-state index < -0.39 is 10.0 Å². The number of hydrogen-bond acceptors (Lipinski definition) is 4. The Balaban J connectivity index is 1.58. The summed E-state index contributed by atoms with van der Waals surface area (Å²) < 4.78 is 27.0. The second-order valence-electron chi connectivity index (χ2n) is 7.14. The molecule has 0 atom stereocenters. The van der Waals surface area contributed by atoms with Gasteiger partial charge in [-0.05, 0) is 55.2 Å². The number of anilines is 2. The topological polar surface area (TPSA) is 78.5 Å². The number of halogens is 1. The molecule has 3 rings (SSSR count). The number of rotatable bonds is 8. The molecule has 28 heavy (non-hydrogen) atoms. The third-order valence-corrected chi connectivity index (χ3v) is 6.26. The fourth-order valence-corrected chi connectivity index (χ4v) is 4.27. The van der Waals surface area contributed by atoms with Crippen molar-refractivity contribution in [2.24, 2.45) is 0 Å². The smallest absolute Gasteiger partial charge is 0.240 e. The Morgan fingerprint density at radius 3 is 2.43 bits per heavy atom. The third kappa shape index (κ3) is 5.47. The Hall–Kier alpha value is -2.09. The summed E-state index contributed by atoms with van der Waals surface area (Å²) in [4.78, 5) is 14.5. The lowest BCUT2D eigenvalue weighted by molar-refractivity contribution is -0.116. The molecule has 0 unspecified atom stereocenters. The first-order valence-corrected chi connectivity index (χ1v) is 11.0. The predicted octanol–water partition coefficient (Wildman–Crippen LogP) is 3.42. The lowest BCUT2D eigenvalue weighted by Gasteiger charge is -2.18. The van der Waals surface area contributed by atoms with E-state index in [-0.39, 0.29) is 23.3 Å². The molecule has 2 aromatic rings. The van der Waals surface area contributed by atoms with E-state index in [9.17, 15) is 13.2 Å². The molecule has 0 spiro atoms. The summed E-state index contributed by atoms with van der Waals surface area (Å²) in [5, 5.41) is 3.45. The van der Waals surface area contributed by atoms with Gasteiger partial charge < -0.3 is 10.2 Å². The molecular formula is C20H24ClN3O3S. The first-order valence-electron chi connectivity index (χ1n) is 9.12. The zero-order chi connectivity index (χ0) is 20.3. The van der Waals surface area contributed by atoms with Gasteiger partial charge in [-0.1, -0.05) is 23.7 Å². The molecule has 1 fully saturated rings. The Bertz CT molecular complexity index is 955. The van der Waals surface area contributed by atoms with Gasteiger partial charge in [0, 0.05) is 31.6 Å². The van der Waals surface area contributed by atoms with Crippen molar-refractivity contribution < 1.29 is 13.2 Å². The van der Waals surface area contributed by atoms with Gasteiger partial charge in [0.05, 0.1) is 16.3 Å². The maximum Gasteiger partial charge on any atom is 0.240 e. The highest BCUT2D eigenvalue weighted by atomic mass is 35.5. The number of benzene rings is 2. The summed E-state index contributed by atoms with van der Waals surface area (Å²) in [7, 11) is 0.342. The maximum absolute atomic E-state index is 12.3. The second kappa shape index (κ2) is 8.51. The van der Waals surface area contributed by atoms with E-state index in [0.29, 0.717) is 17.1 Å². The fraction of sp³-hybridized carbons (Fsp3) is 0.350. The Kier molecular flexibility index (Phi) is 6.27. The molecule has 0 saturated heterocycles. The fourth-order valence-electron chi connectivity index (χ4n) is 2.79. The van der Waals surface area contributed by atoms with Crippen LogP contribution in [0.5, 0.6) is 0 Å². The molecule has 150 valence electrons. The maximum atomic E-state index is 12.3. The van der Waals surface area contributed by atoms with E-state index in [1.54, 1.807) is 36.4 Å². The minimum Gasteiger partial charge on any atom is -0.376 e. The van der Waals surface area contributed by atoms with Crippen LogP contribution in [0.25, 0.3) is 0 Å². The van der Waals surface area contributed by atoms with E-state index in [2.05, 4.69) is 10.0 Å². The summed E-state index contributed by atoms with van der Waals surface area (Å²) in [5.74, 6) is -0.127. The highest BCUT2D eigenvalue weighted by Crippen LogP contribution is 2.28. The molecule has 0 aromatic heterocycles. The number of nitrogens with zero attached hydrogens (tertiary/aromatic N) is 1. The van der Waals surface area contributed by atoms with E-state index in [0.717, 1.165) is 24.1 Å². The Morgan fingerprint density at radius 2 is 1.82 bits per heavy atom. The first-order chi connectivity index (χ1) is 13.2. The van der Waals surface area contributed by atoms with Crippen molar-refractivity contribution in [3.63, 3.8) is 0 Å². The molecular weight excluding hydrogens is 398 g/mol. The molecule has 1 saturated carbocycles. The largest absolute Gasteiger partial charge is 0.376 e. The summed E-state index contributed by atoms with van der Waals surface area (Å²) in [6.45, 7) is 0. The molecule has 0 aliphatic heterocycles. The van der Waals surface area contributed by atoms with E-state index in [1.807, 2.05) is 25.1 Å². The van der Waals surface area contributed by atoms with E-state index >= 15 is 0 Å². The van der Waals surface area contributed by atoms with Crippen molar-refractivity contribution in [2.75, 3.05) is 24.3 Å². The van der Waals surface area contributed by atoms with E-state index in [1.165, 1.54) is 0 Å². The van der Waals surface area contributed by atoms with Crippen LogP contribution in [-0.2, 0) is 21.2 Å². The van der Waals surface area contributed by atoms with Crippen molar-refractivity contribution in [1.29, 1.82) is 0 Å².